The van der Waals surface area contributed by atoms with Crippen molar-refractivity contribution >= 4 is 5.91 Å². The molecule has 1 rings (SSSR count). The SMILES string of the molecule is COCc1cc(C(=O)NCC(C)(C)C#N)no1. The third kappa shape index (κ3) is 3.89. The molecule has 17 heavy (non-hydrogen) atoms. The minimum absolute atomic E-state index is 0.186. The van der Waals surface area contributed by atoms with Gasteiger partial charge in [-0.15, -0.1) is 0 Å². The number of amides is 1. The number of aromatic nitrogens is 1. The van der Waals surface area contributed by atoms with Gasteiger partial charge in [-0.25, -0.2) is 0 Å². The Kier molecular flexibility index (Phi) is 4.24. The summed E-state index contributed by atoms with van der Waals surface area (Å²) in [5, 5.41) is 15.0. The maximum atomic E-state index is 11.6. The molecule has 0 aliphatic rings. The molecule has 0 aliphatic carbocycles. The minimum atomic E-state index is -0.602. The molecule has 0 aromatic carbocycles. The van der Waals surface area contributed by atoms with E-state index < -0.39 is 5.41 Å². The summed E-state index contributed by atoms with van der Waals surface area (Å²) in [4.78, 5) is 11.6. The summed E-state index contributed by atoms with van der Waals surface area (Å²) in [7, 11) is 1.53. The Bertz CT molecular complexity index is 431. The Morgan fingerprint density at radius 2 is 2.41 bits per heavy atom. The standard InChI is InChI=1S/C11H15N3O3/c1-11(2,6-12)7-13-10(15)9-4-8(5-16-3)17-14-9/h4H,5,7H2,1-3H3,(H,13,15). The zero-order valence-electron chi connectivity index (χ0n) is 10.1. The van der Waals surface area contributed by atoms with Crippen molar-refractivity contribution in [3.05, 3.63) is 17.5 Å². The fraction of sp³-hybridized carbons (Fsp3) is 0.545. The van der Waals surface area contributed by atoms with Crippen LogP contribution in [0.3, 0.4) is 0 Å². The minimum Gasteiger partial charge on any atom is -0.377 e. The summed E-state index contributed by atoms with van der Waals surface area (Å²) in [5.41, 5.74) is -0.417. The van der Waals surface area contributed by atoms with Gasteiger partial charge in [0.1, 0.15) is 6.61 Å². The van der Waals surface area contributed by atoms with Gasteiger partial charge in [-0.3, -0.25) is 4.79 Å². The second-order valence-electron chi connectivity index (χ2n) is 4.29. The van der Waals surface area contributed by atoms with Gasteiger partial charge in [-0.05, 0) is 13.8 Å². The molecule has 1 amide bonds. The topological polar surface area (TPSA) is 88.1 Å². The molecule has 0 saturated heterocycles. The Hall–Kier alpha value is -1.87. The van der Waals surface area contributed by atoms with Gasteiger partial charge in [0.05, 0.1) is 11.5 Å². The molecule has 0 fully saturated rings. The molecule has 0 atom stereocenters. The van der Waals surface area contributed by atoms with E-state index in [-0.39, 0.29) is 24.8 Å². The van der Waals surface area contributed by atoms with Gasteiger partial charge in [0.15, 0.2) is 11.5 Å². The van der Waals surface area contributed by atoms with Gasteiger partial charge >= 0.3 is 0 Å². The third-order valence-corrected chi connectivity index (χ3v) is 2.07. The molecule has 0 aliphatic heterocycles. The molecule has 0 unspecified atom stereocenters. The van der Waals surface area contributed by atoms with Gasteiger partial charge in [0.2, 0.25) is 0 Å². The van der Waals surface area contributed by atoms with Crippen molar-refractivity contribution in [2.75, 3.05) is 13.7 Å². The summed E-state index contributed by atoms with van der Waals surface area (Å²) in [6.07, 6.45) is 0. The van der Waals surface area contributed by atoms with Gasteiger partial charge in [-0.1, -0.05) is 5.16 Å². The van der Waals surface area contributed by atoms with Crippen LogP contribution < -0.4 is 5.32 Å². The predicted molar refractivity (Wildman–Crippen MR) is 58.9 cm³/mol. The van der Waals surface area contributed by atoms with Crippen LogP contribution in [0.1, 0.15) is 30.1 Å². The summed E-state index contributed by atoms with van der Waals surface area (Å²) < 4.78 is 9.73. The quantitative estimate of drug-likeness (QED) is 0.828. The van der Waals surface area contributed by atoms with Crippen molar-refractivity contribution in [2.45, 2.75) is 20.5 Å². The van der Waals surface area contributed by atoms with E-state index in [0.717, 1.165) is 0 Å². The fourth-order valence-corrected chi connectivity index (χ4v) is 1.06. The zero-order chi connectivity index (χ0) is 12.9. The monoisotopic (exact) mass is 237 g/mol. The zero-order valence-corrected chi connectivity index (χ0v) is 10.1. The van der Waals surface area contributed by atoms with Crippen LogP contribution in [0.4, 0.5) is 0 Å². The molecule has 0 radical (unpaired) electrons. The molecule has 0 bridgehead atoms. The molecule has 1 aromatic rings. The summed E-state index contributed by atoms with van der Waals surface area (Å²) in [6, 6.07) is 3.61. The second-order valence-corrected chi connectivity index (χ2v) is 4.29. The molecule has 1 aromatic heterocycles. The van der Waals surface area contributed by atoms with E-state index in [2.05, 4.69) is 16.5 Å². The van der Waals surface area contributed by atoms with E-state index >= 15 is 0 Å². The van der Waals surface area contributed by atoms with Crippen molar-refractivity contribution in [1.29, 1.82) is 5.26 Å². The van der Waals surface area contributed by atoms with Gasteiger partial charge in [0, 0.05) is 19.7 Å². The lowest BCUT2D eigenvalue weighted by molar-refractivity contribution is 0.0934. The van der Waals surface area contributed by atoms with Crippen LogP contribution in [0.25, 0.3) is 0 Å². The molecular weight excluding hydrogens is 222 g/mol. The number of hydrogen-bond donors (Lipinski definition) is 1. The molecule has 92 valence electrons. The highest BCUT2D eigenvalue weighted by Gasteiger charge is 2.19. The number of methoxy groups -OCH3 is 1. The van der Waals surface area contributed by atoms with E-state index in [1.165, 1.54) is 13.2 Å². The largest absolute Gasteiger partial charge is 0.377 e. The Labute approximate surface area is 99.5 Å². The van der Waals surface area contributed by atoms with Gasteiger partial charge < -0.3 is 14.6 Å². The molecule has 6 nitrogen and oxygen atoms in total. The number of ether oxygens (including phenoxy) is 1. The lowest BCUT2D eigenvalue weighted by atomic mass is 9.96. The highest BCUT2D eigenvalue weighted by Crippen LogP contribution is 2.11. The molecule has 0 spiro atoms. The molecular formula is C11H15N3O3. The Morgan fingerprint density at radius 3 is 3.00 bits per heavy atom. The van der Waals surface area contributed by atoms with E-state index in [9.17, 15) is 4.79 Å². The number of hydrogen-bond acceptors (Lipinski definition) is 5. The van der Waals surface area contributed by atoms with E-state index in [0.29, 0.717) is 5.76 Å². The van der Waals surface area contributed by atoms with Crippen LogP contribution in [0.5, 0.6) is 0 Å². The number of nitrogens with one attached hydrogen (secondary N) is 1. The van der Waals surface area contributed by atoms with Crippen LogP contribution >= 0.6 is 0 Å². The van der Waals surface area contributed by atoms with Gasteiger partial charge in [0.25, 0.3) is 5.91 Å². The predicted octanol–water partition coefficient (Wildman–Crippen LogP) is 1.10. The average Bonchev–Trinajstić information content (AvgIpc) is 2.75. The lowest BCUT2D eigenvalue weighted by Gasteiger charge is -2.14. The second kappa shape index (κ2) is 5.46. The van der Waals surface area contributed by atoms with Crippen LogP contribution in [-0.4, -0.2) is 24.7 Å². The number of nitriles is 1. The highest BCUT2D eigenvalue weighted by atomic mass is 16.5. The summed E-state index contributed by atoms with van der Waals surface area (Å²) in [5.74, 6) is 0.122. The number of carbonyl (C=O) groups excluding carboxylic acids is 1. The number of nitrogens with zero attached hydrogens (tertiary/aromatic N) is 2. The number of carbonyl (C=O) groups is 1. The van der Waals surface area contributed by atoms with E-state index in [1.807, 2.05) is 0 Å². The first-order chi connectivity index (χ1) is 7.98. The first-order valence-electron chi connectivity index (χ1n) is 5.12. The van der Waals surface area contributed by atoms with E-state index in [1.54, 1.807) is 13.8 Å². The Balaban J connectivity index is 2.56. The van der Waals surface area contributed by atoms with Crippen LogP contribution in [0, 0.1) is 16.7 Å². The Morgan fingerprint density at radius 1 is 1.71 bits per heavy atom. The lowest BCUT2D eigenvalue weighted by Crippen LogP contribution is -2.33. The summed E-state index contributed by atoms with van der Waals surface area (Å²) >= 11 is 0. The van der Waals surface area contributed by atoms with Crippen molar-refractivity contribution in [3.63, 3.8) is 0 Å². The molecule has 1 heterocycles. The summed E-state index contributed by atoms with van der Waals surface area (Å²) in [6.45, 7) is 4.01. The van der Waals surface area contributed by atoms with Crippen LogP contribution in [-0.2, 0) is 11.3 Å². The molecule has 1 N–H and O–H groups in total. The maximum Gasteiger partial charge on any atom is 0.273 e. The highest BCUT2D eigenvalue weighted by molar-refractivity contribution is 5.92. The number of rotatable bonds is 5. The van der Waals surface area contributed by atoms with Crippen LogP contribution in [0.15, 0.2) is 10.6 Å². The third-order valence-electron chi connectivity index (χ3n) is 2.07. The van der Waals surface area contributed by atoms with Crippen LogP contribution in [0.2, 0.25) is 0 Å². The smallest absolute Gasteiger partial charge is 0.273 e. The van der Waals surface area contributed by atoms with Crippen molar-refractivity contribution in [3.8, 4) is 6.07 Å². The van der Waals surface area contributed by atoms with E-state index in [4.69, 9.17) is 14.5 Å². The molecule has 0 saturated carbocycles. The van der Waals surface area contributed by atoms with Gasteiger partial charge in [-0.2, -0.15) is 5.26 Å². The fourth-order valence-electron chi connectivity index (χ4n) is 1.06. The van der Waals surface area contributed by atoms with Crippen molar-refractivity contribution in [2.24, 2.45) is 5.41 Å². The first kappa shape index (κ1) is 13.2. The van der Waals surface area contributed by atoms with Crippen molar-refractivity contribution in [1.82, 2.24) is 10.5 Å². The normalized spacial score (nSPS) is 10.9. The average molecular weight is 237 g/mol. The molecule has 6 heteroatoms. The first-order valence-corrected chi connectivity index (χ1v) is 5.12. The van der Waals surface area contributed by atoms with Crippen molar-refractivity contribution < 1.29 is 14.1 Å². The maximum absolute atomic E-state index is 11.6.